The van der Waals surface area contributed by atoms with Gasteiger partial charge in [0.25, 0.3) is 0 Å². The first-order chi connectivity index (χ1) is 17.5. The fraction of sp³-hybridized carbons (Fsp3) is 0.147. The highest BCUT2D eigenvalue weighted by atomic mass is 16.5. The van der Waals surface area contributed by atoms with Crippen molar-refractivity contribution in [3.8, 4) is 33.9 Å². The lowest BCUT2D eigenvalue weighted by Crippen LogP contribution is -2.32. The van der Waals surface area contributed by atoms with Crippen LogP contribution in [0.4, 0.5) is 0 Å². The molecule has 0 saturated carbocycles. The van der Waals surface area contributed by atoms with Crippen LogP contribution in [0.5, 0.6) is 11.5 Å². The Balaban J connectivity index is 1.66. The predicted molar refractivity (Wildman–Crippen MR) is 150 cm³/mol. The molecule has 1 aromatic heterocycles. The maximum atomic E-state index is 6.97. The topological polar surface area (TPSA) is 13.1 Å². The molecule has 0 saturated heterocycles. The molecular weight excluding hydrogens is 438 g/mol. The summed E-state index contributed by atoms with van der Waals surface area (Å²) < 4.78 is 9.24. The molecular formula is C34H28NO+. The summed E-state index contributed by atoms with van der Waals surface area (Å²) >= 11 is 0. The number of fused-ring (bicyclic) bond motifs is 5. The molecule has 174 valence electrons. The predicted octanol–water partition coefficient (Wildman–Crippen LogP) is 8.84. The van der Waals surface area contributed by atoms with Crippen molar-refractivity contribution in [2.45, 2.75) is 26.7 Å². The second-order valence-electron chi connectivity index (χ2n) is 10.3. The van der Waals surface area contributed by atoms with Gasteiger partial charge in [0.05, 0.1) is 10.9 Å². The number of ether oxygens (including phenoxy) is 1. The molecule has 0 fully saturated rings. The zero-order chi connectivity index (χ0) is 24.6. The van der Waals surface area contributed by atoms with E-state index in [0.29, 0.717) is 5.92 Å². The molecule has 6 aromatic rings. The van der Waals surface area contributed by atoms with Crippen LogP contribution in [-0.4, -0.2) is 0 Å². The SMILES string of the molecule is Cc1c2c(c(C(C)C)c3ccccc13)Oc1cc3c(-c4ccccc4)cccc3c3cc[n+](C)c-2c13. The highest BCUT2D eigenvalue weighted by molar-refractivity contribution is 6.18. The van der Waals surface area contributed by atoms with E-state index >= 15 is 0 Å². The standard InChI is InChI=1S/C34H28NO/c1-20(2)30-26-14-9-8-13-23(26)21(3)31-33-32-27(17-18-35(33)4)25-16-10-15-24(22-11-6-5-7-12-22)28(25)19-29(32)36-34(30)31/h5-20H,1-4H3/q+1. The van der Waals surface area contributed by atoms with Gasteiger partial charge in [0.2, 0.25) is 5.69 Å². The van der Waals surface area contributed by atoms with Gasteiger partial charge >= 0.3 is 0 Å². The number of hydrogen-bond donors (Lipinski definition) is 0. The van der Waals surface area contributed by atoms with Crippen molar-refractivity contribution in [3.05, 3.63) is 102 Å². The van der Waals surface area contributed by atoms with Gasteiger partial charge in [-0.15, -0.1) is 0 Å². The van der Waals surface area contributed by atoms with Crippen LogP contribution in [0.15, 0.2) is 91.1 Å². The van der Waals surface area contributed by atoms with Crippen molar-refractivity contribution in [1.29, 1.82) is 0 Å². The van der Waals surface area contributed by atoms with Crippen LogP contribution in [-0.2, 0) is 7.05 Å². The molecule has 0 bridgehead atoms. The molecule has 0 N–H and O–H groups in total. The largest absolute Gasteiger partial charge is 0.455 e. The molecule has 1 aliphatic rings. The normalized spacial score (nSPS) is 12.4. The highest BCUT2D eigenvalue weighted by Gasteiger charge is 2.34. The van der Waals surface area contributed by atoms with E-state index in [2.05, 4.69) is 124 Å². The van der Waals surface area contributed by atoms with Crippen LogP contribution < -0.4 is 9.30 Å². The van der Waals surface area contributed by atoms with Gasteiger partial charge in [0.15, 0.2) is 6.20 Å². The van der Waals surface area contributed by atoms with Crippen LogP contribution in [0.2, 0.25) is 0 Å². The Morgan fingerprint density at radius 3 is 2.22 bits per heavy atom. The lowest BCUT2D eigenvalue weighted by Gasteiger charge is -2.27. The Morgan fingerprint density at radius 2 is 1.44 bits per heavy atom. The van der Waals surface area contributed by atoms with Gasteiger partial charge in [-0.05, 0) is 57.1 Å². The number of benzene rings is 5. The number of hydrogen-bond acceptors (Lipinski definition) is 1. The van der Waals surface area contributed by atoms with Gasteiger partial charge in [0.1, 0.15) is 18.5 Å². The Hall–Kier alpha value is -4.17. The van der Waals surface area contributed by atoms with E-state index in [1.165, 1.54) is 65.8 Å². The monoisotopic (exact) mass is 466 g/mol. The van der Waals surface area contributed by atoms with E-state index < -0.39 is 0 Å². The minimum Gasteiger partial charge on any atom is -0.455 e. The van der Waals surface area contributed by atoms with Gasteiger partial charge < -0.3 is 4.74 Å². The van der Waals surface area contributed by atoms with Crippen LogP contribution in [0.1, 0.15) is 30.9 Å². The summed E-state index contributed by atoms with van der Waals surface area (Å²) in [6.45, 7) is 6.78. The summed E-state index contributed by atoms with van der Waals surface area (Å²) in [5.74, 6) is 2.28. The van der Waals surface area contributed by atoms with Gasteiger partial charge in [-0.25, -0.2) is 4.57 Å². The Kier molecular flexibility index (Phi) is 4.50. The van der Waals surface area contributed by atoms with Crippen molar-refractivity contribution in [3.63, 3.8) is 0 Å². The average Bonchev–Trinajstić information content (AvgIpc) is 2.90. The highest BCUT2D eigenvalue weighted by Crippen LogP contribution is 2.53. The second kappa shape index (κ2) is 7.66. The molecule has 2 heteroatoms. The molecule has 2 heterocycles. The summed E-state index contributed by atoms with van der Waals surface area (Å²) in [4.78, 5) is 0. The van der Waals surface area contributed by atoms with Crippen LogP contribution in [0, 0.1) is 6.92 Å². The zero-order valence-electron chi connectivity index (χ0n) is 21.1. The molecule has 0 unspecified atom stereocenters. The Bertz CT molecular complexity index is 1850. The molecule has 0 spiro atoms. The van der Waals surface area contributed by atoms with Crippen molar-refractivity contribution < 1.29 is 9.30 Å². The van der Waals surface area contributed by atoms with Gasteiger partial charge in [-0.1, -0.05) is 86.6 Å². The third-order valence-electron chi connectivity index (χ3n) is 7.82. The van der Waals surface area contributed by atoms with E-state index in [-0.39, 0.29) is 0 Å². The van der Waals surface area contributed by atoms with E-state index in [0.717, 1.165) is 11.5 Å². The molecule has 0 radical (unpaired) electrons. The lowest BCUT2D eigenvalue weighted by atomic mass is 9.84. The molecule has 0 aliphatic carbocycles. The number of aromatic nitrogens is 1. The molecule has 0 amide bonds. The van der Waals surface area contributed by atoms with E-state index in [1.807, 2.05) is 0 Å². The molecule has 0 atom stereocenters. The van der Waals surface area contributed by atoms with Crippen LogP contribution in [0.3, 0.4) is 0 Å². The third kappa shape index (κ3) is 2.82. The third-order valence-corrected chi connectivity index (χ3v) is 7.82. The summed E-state index contributed by atoms with van der Waals surface area (Å²) in [7, 11) is 2.15. The van der Waals surface area contributed by atoms with Crippen LogP contribution in [0.25, 0.3) is 54.7 Å². The molecule has 5 aromatic carbocycles. The number of pyridine rings is 1. The average molecular weight is 467 g/mol. The first kappa shape index (κ1) is 21.1. The Labute approximate surface area is 211 Å². The Morgan fingerprint density at radius 1 is 0.722 bits per heavy atom. The summed E-state index contributed by atoms with van der Waals surface area (Å²) in [6.07, 6.45) is 2.20. The maximum absolute atomic E-state index is 6.97. The van der Waals surface area contributed by atoms with E-state index in [4.69, 9.17) is 4.74 Å². The minimum atomic E-state index is 0.329. The first-order valence-corrected chi connectivity index (χ1v) is 12.7. The number of rotatable bonds is 2. The fourth-order valence-electron chi connectivity index (χ4n) is 6.21. The zero-order valence-corrected chi connectivity index (χ0v) is 21.1. The lowest BCUT2D eigenvalue weighted by molar-refractivity contribution is -0.659. The van der Waals surface area contributed by atoms with E-state index in [1.54, 1.807) is 0 Å². The van der Waals surface area contributed by atoms with Crippen molar-refractivity contribution in [2.75, 3.05) is 0 Å². The summed E-state index contributed by atoms with van der Waals surface area (Å²) in [5.41, 5.74) is 7.46. The van der Waals surface area contributed by atoms with Gasteiger partial charge in [-0.2, -0.15) is 0 Å². The smallest absolute Gasteiger partial charge is 0.228 e. The fourth-order valence-corrected chi connectivity index (χ4v) is 6.21. The van der Waals surface area contributed by atoms with Crippen molar-refractivity contribution in [2.24, 2.45) is 7.05 Å². The summed E-state index contributed by atoms with van der Waals surface area (Å²) in [5, 5.41) is 7.49. The van der Waals surface area contributed by atoms with E-state index in [9.17, 15) is 0 Å². The molecule has 2 nitrogen and oxygen atoms in total. The second-order valence-corrected chi connectivity index (χ2v) is 10.3. The van der Waals surface area contributed by atoms with Crippen molar-refractivity contribution in [1.82, 2.24) is 0 Å². The quantitative estimate of drug-likeness (QED) is 0.183. The minimum absolute atomic E-state index is 0.329. The van der Waals surface area contributed by atoms with Crippen LogP contribution >= 0.6 is 0 Å². The number of aryl methyl sites for hydroxylation is 2. The van der Waals surface area contributed by atoms with Gasteiger partial charge in [0, 0.05) is 17.0 Å². The molecule has 7 rings (SSSR count). The summed E-state index contributed by atoms with van der Waals surface area (Å²) in [6, 6.07) is 30.6. The first-order valence-electron chi connectivity index (χ1n) is 12.7. The molecule has 36 heavy (non-hydrogen) atoms. The molecule has 1 aliphatic heterocycles. The van der Waals surface area contributed by atoms with Crippen molar-refractivity contribution >= 4 is 32.3 Å². The maximum Gasteiger partial charge on any atom is 0.228 e. The number of nitrogens with zero attached hydrogens (tertiary/aromatic N) is 1. The van der Waals surface area contributed by atoms with Gasteiger partial charge in [-0.3, -0.25) is 0 Å².